The fraction of sp³-hybridized carbons (Fsp3) is 0.486. The number of carbonyl (C=O) groups excluding carboxylic acids is 4. The maximum absolute atomic E-state index is 14.4. The monoisotopic (exact) mass is 713 g/mol. The summed E-state index contributed by atoms with van der Waals surface area (Å²) in [6.07, 6.45) is 0.628. The van der Waals surface area contributed by atoms with Gasteiger partial charge in [0.25, 0.3) is 5.91 Å². The smallest absolute Gasteiger partial charge is 0.410 e. The highest BCUT2D eigenvalue weighted by molar-refractivity contribution is 7.91. The van der Waals surface area contributed by atoms with Gasteiger partial charge in [0.2, 0.25) is 21.8 Å². The SMILES string of the molecule is C=C[C@@H]1C[C@]1(NC(=O)[C@@H]1CC(OC(=O)N2Cc3cccc(F)c3C2)CN1C(=O)[C@@H](Nc1ccc(F)cc1)C(C)(C)C)C(=O)NS(=O)(=O)C1CC1. The van der Waals surface area contributed by atoms with Crippen LogP contribution in [0, 0.1) is 23.0 Å². The van der Waals surface area contributed by atoms with E-state index in [9.17, 15) is 36.4 Å². The molecule has 2 heterocycles. The number of halogens is 2. The van der Waals surface area contributed by atoms with Crippen molar-refractivity contribution in [2.24, 2.45) is 11.3 Å². The van der Waals surface area contributed by atoms with Gasteiger partial charge in [-0.3, -0.25) is 24.0 Å². The highest BCUT2D eigenvalue weighted by Crippen LogP contribution is 2.45. The van der Waals surface area contributed by atoms with E-state index < -0.39 is 85.8 Å². The molecule has 4 amide bonds. The summed E-state index contributed by atoms with van der Waals surface area (Å²) in [6.45, 7) is 9.13. The molecule has 4 aliphatic rings. The van der Waals surface area contributed by atoms with Crippen LogP contribution in [0.25, 0.3) is 0 Å². The summed E-state index contributed by atoms with van der Waals surface area (Å²) in [6, 6.07) is 7.90. The molecule has 1 saturated heterocycles. The van der Waals surface area contributed by atoms with Gasteiger partial charge in [-0.2, -0.15) is 0 Å². The van der Waals surface area contributed by atoms with Crippen molar-refractivity contribution in [1.82, 2.24) is 19.8 Å². The van der Waals surface area contributed by atoms with Gasteiger partial charge in [-0.15, -0.1) is 6.58 Å². The first kappa shape index (κ1) is 35.3. The molecule has 12 nitrogen and oxygen atoms in total. The lowest BCUT2D eigenvalue weighted by Gasteiger charge is -2.36. The van der Waals surface area contributed by atoms with Gasteiger partial charge in [-0.25, -0.2) is 22.0 Å². The highest BCUT2D eigenvalue weighted by Gasteiger charge is 2.62. The van der Waals surface area contributed by atoms with Crippen molar-refractivity contribution in [2.45, 2.75) is 88.5 Å². The van der Waals surface area contributed by atoms with Crippen LogP contribution >= 0.6 is 0 Å². The molecule has 0 radical (unpaired) electrons. The van der Waals surface area contributed by atoms with Crippen LogP contribution in [0.15, 0.2) is 55.1 Å². The second-order valence-electron chi connectivity index (χ2n) is 14.6. The number of benzene rings is 2. The number of likely N-dealkylation sites (tertiary alicyclic amines) is 1. The zero-order valence-corrected chi connectivity index (χ0v) is 28.9. The van der Waals surface area contributed by atoms with E-state index in [0.717, 1.165) is 0 Å². The van der Waals surface area contributed by atoms with E-state index in [-0.39, 0.29) is 32.5 Å². The Kier molecular flexibility index (Phi) is 9.16. The van der Waals surface area contributed by atoms with E-state index in [1.165, 1.54) is 46.2 Å². The Labute approximate surface area is 289 Å². The van der Waals surface area contributed by atoms with Gasteiger partial charge in [0.1, 0.15) is 35.4 Å². The van der Waals surface area contributed by atoms with E-state index >= 15 is 0 Å². The summed E-state index contributed by atoms with van der Waals surface area (Å²) < 4.78 is 61.2. The van der Waals surface area contributed by atoms with Crippen LogP contribution in [0.5, 0.6) is 0 Å². The van der Waals surface area contributed by atoms with Crippen molar-refractivity contribution in [3.63, 3.8) is 0 Å². The van der Waals surface area contributed by atoms with Gasteiger partial charge in [0.05, 0.1) is 18.3 Å². The number of nitrogens with one attached hydrogen (secondary N) is 3. The first-order valence-corrected chi connectivity index (χ1v) is 18.1. The Balaban J connectivity index is 1.24. The first-order valence-electron chi connectivity index (χ1n) is 16.6. The molecule has 2 saturated carbocycles. The van der Waals surface area contributed by atoms with Crippen molar-refractivity contribution < 1.29 is 41.1 Å². The Morgan fingerprint density at radius 1 is 1.06 bits per heavy atom. The van der Waals surface area contributed by atoms with E-state index in [4.69, 9.17) is 4.74 Å². The second-order valence-corrected chi connectivity index (χ2v) is 16.6. The molecule has 2 aromatic carbocycles. The summed E-state index contributed by atoms with van der Waals surface area (Å²) in [5.41, 5.74) is -0.821. The molecule has 6 rings (SSSR count). The van der Waals surface area contributed by atoms with Crippen molar-refractivity contribution in [3.05, 3.63) is 77.9 Å². The van der Waals surface area contributed by atoms with Gasteiger partial charge in [-0.05, 0) is 60.6 Å². The van der Waals surface area contributed by atoms with E-state index in [1.54, 1.807) is 12.1 Å². The van der Waals surface area contributed by atoms with E-state index in [0.29, 0.717) is 29.7 Å². The summed E-state index contributed by atoms with van der Waals surface area (Å²) >= 11 is 0. The number of rotatable bonds is 10. The third kappa shape index (κ3) is 7.05. The van der Waals surface area contributed by atoms with Gasteiger partial charge >= 0.3 is 6.09 Å². The fourth-order valence-corrected chi connectivity index (χ4v) is 8.01. The molecule has 1 unspecified atom stereocenters. The zero-order valence-electron chi connectivity index (χ0n) is 28.1. The predicted molar refractivity (Wildman–Crippen MR) is 179 cm³/mol. The largest absolute Gasteiger partial charge is 0.444 e. The van der Waals surface area contributed by atoms with Crippen molar-refractivity contribution >= 4 is 39.5 Å². The molecule has 3 N–H and O–H groups in total. The molecule has 5 atom stereocenters. The highest BCUT2D eigenvalue weighted by atomic mass is 32.2. The molecule has 15 heteroatoms. The number of fused-ring (bicyclic) bond motifs is 1. The van der Waals surface area contributed by atoms with Crippen LogP contribution in [0.3, 0.4) is 0 Å². The molecule has 2 aliphatic carbocycles. The van der Waals surface area contributed by atoms with Gasteiger partial charge in [0, 0.05) is 30.1 Å². The summed E-state index contributed by atoms with van der Waals surface area (Å²) in [4.78, 5) is 57.8. The molecular weight excluding hydrogens is 672 g/mol. The van der Waals surface area contributed by atoms with Crippen LogP contribution in [0.1, 0.15) is 57.6 Å². The topological polar surface area (TPSA) is 154 Å². The van der Waals surface area contributed by atoms with E-state index in [2.05, 4.69) is 21.9 Å². The van der Waals surface area contributed by atoms with Crippen LogP contribution in [0.2, 0.25) is 0 Å². The van der Waals surface area contributed by atoms with Gasteiger partial charge < -0.3 is 20.3 Å². The van der Waals surface area contributed by atoms with Gasteiger partial charge in [-0.1, -0.05) is 39.0 Å². The lowest BCUT2D eigenvalue weighted by atomic mass is 9.85. The summed E-state index contributed by atoms with van der Waals surface area (Å²) in [7, 11) is -3.92. The number of hydrogen-bond donors (Lipinski definition) is 3. The third-order valence-electron chi connectivity index (χ3n) is 9.82. The number of hydrogen-bond acceptors (Lipinski definition) is 8. The van der Waals surface area contributed by atoms with Crippen molar-refractivity contribution in [3.8, 4) is 0 Å². The van der Waals surface area contributed by atoms with Crippen LogP contribution in [0.4, 0.5) is 19.3 Å². The van der Waals surface area contributed by atoms with Crippen LogP contribution in [-0.2, 0) is 42.2 Å². The standard InChI is InChI=1S/C35H41F2N5O7S/c1-5-21-16-35(21,32(45)40-50(47,48)25-13-14-25)39-30(43)28-15-24(49-33(46)41-17-20-7-6-8-27(37)26(20)19-41)18-42(28)31(44)29(34(2,3)4)38-23-11-9-22(36)10-12-23/h5-12,21,24-25,28-29,38H,1,13-19H2,2-4H3,(H,39,43)(H,40,45)/t21-,24?,28+,29-,35-/m1/s1. The minimum atomic E-state index is -3.92. The molecule has 0 bridgehead atoms. The van der Waals surface area contributed by atoms with Crippen LogP contribution < -0.4 is 15.4 Å². The first-order chi connectivity index (χ1) is 23.5. The molecule has 0 spiro atoms. The lowest BCUT2D eigenvalue weighted by molar-refractivity contribution is -0.141. The van der Waals surface area contributed by atoms with Crippen molar-refractivity contribution in [1.29, 1.82) is 0 Å². The maximum atomic E-state index is 14.4. The summed E-state index contributed by atoms with van der Waals surface area (Å²) in [5, 5.41) is 5.21. The number of amides is 4. The lowest BCUT2D eigenvalue weighted by Crippen LogP contribution is -2.58. The third-order valence-corrected chi connectivity index (χ3v) is 11.6. The fourth-order valence-electron chi connectivity index (χ4n) is 6.65. The summed E-state index contributed by atoms with van der Waals surface area (Å²) in [5.74, 6) is -3.57. The minimum absolute atomic E-state index is 0.00184. The average Bonchev–Trinajstić information content (AvgIpc) is 3.94. The number of nitrogens with zero attached hydrogens (tertiary/aromatic N) is 2. The Morgan fingerprint density at radius 2 is 1.76 bits per heavy atom. The quantitative estimate of drug-likeness (QED) is 0.316. The Hall–Kier alpha value is -4.53. The van der Waals surface area contributed by atoms with Crippen molar-refractivity contribution in [2.75, 3.05) is 11.9 Å². The predicted octanol–water partition coefficient (Wildman–Crippen LogP) is 3.58. The molecule has 268 valence electrons. The second kappa shape index (κ2) is 13.0. The molecule has 3 fully saturated rings. The molecule has 0 aromatic heterocycles. The molecule has 2 aliphatic heterocycles. The number of sulfonamides is 1. The normalized spacial score (nSPS) is 24.9. The number of carbonyl (C=O) groups is 4. The average molecular weight is 714 g/mol. The molecule has 2 aromatic rings. The number of ether oxygens (including phenoxy) is 1. The maximum Gasteiger partial charge on any atom is 0.410 e. The minimum Gasteiger partial charge on any atom is -0.444 e. The van der Waals surface area contributed by atoms with E-state index in [1.807, 2.05) is 20.8 Å². The molecular formula is C35H41F2N5O7S. The molecule has 50 heavy (non-hydrogen) atoms. The Morgan fingerprint density at radius 3 is 2.36 bits per heavy atom. The number of anilines is 1. The zero-order chi connectivity index (χ0) is 36.2. The van der Waals surface area contributed by atoms with Crippen LogP contribution in [-0.4, -0.2) is 77.6 Å². The Bertz CT molecular complexity index is 1830. The van der Waals surface area contributed by atoms with Gasteiger partial charge in [0.15, 0.2) is 0 Å².